The Kier molecular flexibility index (Phi) is 5.09. The number of fused-ring (bicyclic) bond motifs is 2. The fourth-order valence-electron chi connectivity index (χ4n) is 2.78. The lowest BCUT2D eigenvalue weighted by atomic mass is 10.0. The quantitative estimate of drug-likeness (QED) is 0.365. The van der Waals surface area contributed by atoms with E-state index in [1.807, 2.05) is 54.6 Å². The first kappa shape index (κ1) is 17.6. The fourth-order valence-corrected chi connectivity index (χ4v) is 4.65. The maximum Gasteiger partial charge on any atom is 0.248 e. The maximum absolute atomic E-state index is 12.2. The van der Waals surface area contributed by atoms with Gasteiger partial charge in [-0.15, -0.1) is 11.3 Å². The molecule has 134 valence electrons. The number of nitrogens with one attached hydrogen (secondary N) is 2. The standard InChI is InChI=1S/C21H17N3OS2/c1-14(16-10-6-8-15-7-2-3-9-17(15)16)23-24-20(25)13-26-21-22-18-11-4-5-12-19(18)27-21/h2-12,23H,1,13H2,(H,24,25). The second-order valence-corrected chi connectivity index (χ2v) is 8.17. The third-order valence-corrected chi connectivity index (χ3v) is 6.25. The molecule has 1 heterocycles. The van der Waals surface area contributed by atoms with E-state index in [1.165, 1.54) is 11.8 Å². The van der Waals surface area contributed by atoms with Gasteiger partial charge in [0.25, 0.3) is 0 Å². The van der Waals surface area contributed by atoms with Gasteiger partial charge in [0.05, 0.1) is 21.7 Å². The molecular formula is C21H17N3OS2. The Morgan fingerprint density at radius 1 is 1.00 bits per heavy atom. The van der Waals surface area contributed by atoms with Gasteiger partial charge in [-0.05, 0) is 22.9 Å². The van der Waals surface area contributed by atoms with E-state index in [2.05, 4.69) is 34.5 Å². The minimum Gasteiger partial charge on any atom is -0.299 e. The van der Waals surface area contributed by atoms with Gasteiger partial charge in [-0.3, -0.25) is 15.6 Å². The molecule has 4 aromatic rings. The Bertz CT molecular complexity index is 1100. The van der Waals surface area contributed by atoms with Crippen molar-refractivity contribution in [3.05, 3.63) is 78.9 Å². The highest BCUT2D eigenvalue weighted by molar-refractivity contribution is 8.01. The van der Waals surface area contributed by atoms with Crippen LogP contribution < -0.4 is 10.9 Å². The zero-order valence-corrected chi connectivity index (χ0v) is 16.1. The van der Waals surface area contributed by atoms with E-state index in [0.29, 0.717) is 5.70 Å². The molecule has 2 N–H and O–H groups in total. The molecule has 0 aliphatic rings. The van der Waals surface area contributed by atoms with Crippen LogP contribution in [0.4, 0.5) is 0 Å². The smallest absolute Gasteiger partial charge is 0.248 e. The van der Waals surface area contributed by atoms with Crippen molar-refractivity contribution in [1.82, 2.24) is 15.8 Å². The van der Waals surface area contributed by atoms with Gasteiger partial charge in [-0.25, -0.2) is 4.98 Å². The number of carbonyl (C=O) groups is 1. The zero-order valence-electron chi connectivity index (χ0n) is 14.4. The van der Waals surface area contributed by atoms with Crippen LogP contribution in [-0.2, 0) is 4.79 Å². The van der Waals surface area contributed by atoms with Crippen molar-refractivity contribution < 1.29 is 4.79 Å². The summed E-state index contributed by atoms with van der Waals surface area (Å²) >= 11 is 3.03. The summed E-state index contributed by atoms with van der Waals surface area (Å²) in [7, 11) is 0. The van der Waals surface area contributed by atoms with Gasteiger partial charge >= 0.3 is 0 Å². The van der Waals surface area contributed by atoms with E-state index >= 15 is 0 Å². The van der Waals surface area contributed by atoms with Crippen LogP contribution in [0.5, 0.6) is 0 Å². The summed E-state index contributed by atoms with van der Waals surface area (Å²) in [5.74, 6) is 0.163. The molecule has 0 bridgehead atoms. The topological polar surface area (TPSA) is 54.0 Å². The molecule has 4 rings (SSSR count). The van der Waals surface area contributed by atoms with Crippen LogP contribution in [0.15, 0.2) is 77.6 Å². The minimum atomic E-state index is -0.124. The number of hydrogen-bond donors (Lipinski definition) is 2. The maximum atomic E-state index is 12.2. The van der Waals surface area contributed by atoms with Crippen LogP contribution in [0.2, 0.25) is 0 Å². The molecule has 0 spiro atoms. The number of amides is 1. The summed E-state index contributed by atoms with van der Waals surface area (Å²) in [5.41, 5.74) is 8.23. The predicted octanol–water partition coefficient (Wildman–Crippen LogP) is 4.83. The minimum absolute atomic E-state index is 0.124. The average molecular weight is 392 g/mol. The number of para-hydroxylation sites is 1. The van der Waals surface area contributed by atoms with Gasteiger partial charge in [0, 0.05) is 5.56 Å². The summed E-state index contributed by atoms with van der Waals surface area (Å²) in [6, 6.07) is 22.1. The van der Waals surface area contributed by atoms with Crippen molar-refractivity contribution in [3.63, 3.8) is 0 Å². The highest BCUT2D eigenvalue weighted by Crippen LogP contribution is 2.29. The van der Waals surface area contributed by atoms with Crippen molar-refractivity contribution in [2.45, 2.75) is 4.34 Å². The van der Waals surface area contributed by atoms with Crippen molar-refractivity contribution in [2.75, 3.05) is 5.75 Å². The SMILES string of the molecule is C=C(NNC(=O)CSc1nc2ccccc2s1)c1cccc2ccccc12. The van der Waals surface area contributed by atoms with Crippen molar-refractivity contribution in [2.24, 2.45) is 0 Å². The van der Waals surface area contributed by atoms with Gasteiger partial charge in [0.15, 0.2) is 4.34 Å². The van der Waals surface area contributed by atoms with E-state index < -0.39 is 0 Å². The number of aromatic nitrogens is 1. The van der Waals surface area contributed by atoms with Gasteiger partial charge in [0.1, 0.15) is 0 Å². The number of thiazole rings is 1. The van der Waals surface area contributed by atoms with Crippen LogP contribution in [0, 0.1) is 0 Å². The molecule has 1 amide bonds. The summed E-state index contributed by atoms with van der Waals surface area (Å²) in [6.45, 7) is 4.05. The second kappa shape index (κ2) is 7.82. The summed E-state index contributed by atoms with van der Waals surface area (Å²) in [4.78, 5) is 16.7. The van der Waals surface area contributed by atoms with Crippen molar-refractivity contribution in [3.8, 4) is 0 Å². The number of rotatable bonds is 6. The molecule has 6 heteroatoms. The first-order chi connectivity index (χ1) is 13.2. The Balaban J connectivity index is 1.35. The van der Waals surface area contributed by atoms with E-state index in [-0.39, 0.29) is 11.7 Å². The lowest BCUT2D eigenvalue weighted by Gasteiger charge is -2.13. The molecule has 1 aromatic heterocycles. The Morgan fingerprint density at radius 2 is 1.78 bits per heavy atom. The molecule has 0 aliphatic carbocycles. The van der Waals surface area contributed by atoms with Crippen molar-refractivity contribution in [1.29, 1.82) is 0 Å². The largest absolute Gasteiger partial charge is 0.299 e. The van der Waals surface area contributed by atoms with Crippen LogP contribution in [0.3, 0.4) is 0 Å². The first-order valence-electron chi connectivity index (χ1n) is 8.41. The molecule has 4 nitrogen and oxygen atoms in total. The molecule has 0 saturated carbocycles. The lowest BCUT2D eigenvalue weighted by Crippen LogP contribution is -2.37. The number of nitrogens with zero attached hydrogens (tertiary/aromatic N) is 1. The molecule has 0 aliphatic heterocycles. The molecule has 0 atom stereocenters. The van der Waals surface area contributed by atoms with Crippen LogP contribution in [0.25, 0.3) is 26.7 Å². The summed E-state index contributed by atoms with van der Waals surface area (Å²) < 4.78 is 2.02. The first-order valence-corrected chi connectivity index (χ1v) is 10.2. The van der Waals surface area contributed by atoms with E-state index in [4.69, 9.17) is 0 Å². The number of hydrazine groups is 1. The van der Waals surface area contributed by atoms with E-state index in [1.54, 1.807) is 11.3 Å². The number of thioether (sulfide) groups is 1. The molecule has 0 saturated heterocycles. The molecule has 0 radical (unpaired) electrons. The van der Waals surface area contributed by atoms with Gasteiger partial charge in [-0.2, -0.15) is 0 Å². The third-order valence-electron chi connectivity index (χ3n) is 4.07. The number of benzene rings is 3. The number of hydrogen-bond acceptors (Lipinski definition) is 5. The van der Waals surface area contributed by atoms with E-state index in [9.17, 15) is 4.79 Å². The van der Waals surface area contributed by atoms with Crippen molar-refractivity contribution >= 4 is 55.7 Å². The Labute approximate surface area is 165 Å². The molecule has 27 heavy (non-hydrogen) atoms. The Hall–Kier alpha value is -2.83. The highest BCUT2D eigenvalue weighted by atomic mass is 32.2. The Morgan fingerprint density at radius 3 is 2.67 bits per heavy atom. The van der Waals surface area contributed by atoms with E-state index in [0.717, 1.165) is 30.9 Å². The van der Waals surface area contributed by atoms with Crippen LogP contribution in [0.1, 0.15) is 5.56 Å². The molecular weight excluding hydrogens is 374 g/mol. The molecule has 0 unspecified atom stereocenters. The molecule has 0 fully saturated rings. The lowest BCUT2D eigenvalue weighted by molar-refractivity contribution is -0.119. The van der Waals surface area contributed by atoms with Gasteiger partial charge in [0.2, 0.25) is 5.91 Å². The second-order valence-electron chi connectivity index (χ2n) is 5.91. The molecule has 3 aromatic carbocycles. The van der Waals surface area contributed by atoms with Crippen LogP contribution >= 0.6 is 23.1 Å². The summed E-state index contributed by atoms with van der Waals surface area (Å²) in [5, 5.41) is 2.23. The zero-order chi connectivity index (χ0) is 18.6. The third kappa shape index (κ3) is 3.97. The predicted molar refractivity (Wildman–Crippen MR) is 115 cm³/mol. The summed E-state index contributed by atoms with van der Waals surface area (Å²) in [6.07, 6.45) is 0. The normalized spacial score (nSPS) is 10.8. The van der Waals surface area contributed by atoms with Crippen LogP contribution in [-0.4, -0.2) is 16.6 Å². The van der Waals surface area contributed by atoms with Gasteiger partial charge in [-0.1, -0.05) is 72.9 Å². The fraction of sp³-hybridized carbons (Fsp3) is 0.0476. The average Bonchev–Trinajstić information content (AvgIpc) is 3.13. The highest BCUT2D eigenvalue weighted by Gasteiger charge is 2.09. The monoisotopic (exact) mass is 391 g/mol. The van der Waals surface area contributed by atoms with Gasteiger partial charge < -0.3 is 0 Å². The number of carbonyl (C=O) groups excluding carboxylic acids is 1.